The molecule has 2 aromatic heterocycles. The molecule has 0 aliphatic rings. The first-order valence-electron chi connectivity index (χ1n) is 5.82. The molecule has 0 bridgehead atoms. The standard InChI is InChI=1S/C12H15N5OS/c1-7(2)18-11-10(14)9(3-13)19-12(11)15-4-8-5-16-17-6-8/h5-7,15H,4,14H2,1-2H3,(H,16,17). The molecule has 6 nitrogen and oxygen atoms in total. The summed E-state index contributed by atoms with van der Waals surface area (Å²) in [5, 5.41) is 19.6. The molecule has 4 N–H and O–H groups in total. The number of rotatable bonds is 5. The van der Waals surface area contributed by atoms with Crippen LogP contribution in [0.15, 0.2) is 12.4 Å². The highest BCUT2D eigenvalue weighted by molar-refractivity contribution is 7.17. The molecule has 2 aromatic rings. The number of nitriles is 1. The van der Waals surface area contributed by atoms with E-state index in [0.29, 0.717) is 22.9 Å². The Balaban J connectivity index is 2.20. The Labute approximate surface area is 115 Å². The average Bonchev–Trinajstić information content (AvgIpc) is 2.97. The summed E-state index contributed by atoms with van der Waals surface area (Å²) in [4.78, 5) is 0.463. The molecule has 100 valence electrons. The van der Waals surface area contributed by atoms with Crippen LogP contribution in [0.25, 0.3) is 0 Å². The molecule has 0 spiro atoms. The molecule has 0 amide bonds. The number of nitrogens with one attached hydrogen (secondary N) is 2. The minimum atomic E-state index is -0.00193. The molecule has 0 radical (unpaired) electrons. The lowest BCUT2D eigenvalue weighted by molar-refractivity contribution is 0.246. The largest absolute Gasteiger partial charge is 0.486 e. The number of ether oxygens (including phenoxy) is 1. The van der Waals surface area contributed by atoms with Gasteiger partial charge in [0, 0.05) is 18.3 Å². The van der Waals surface area contributed by atoms with Crippen LogP contribution in [0.2, 0.25) is 0 Å². The number of H-pyrrole nitrogens is 1. The molecule has 0 aliphatic carbocycles. The van der Waals surface area contributed by atoms with Crippen molar-refractivity contribution in [3.63, 3.8) is 0 Å². The zero-order chi connectivity index (χ0) is 13.8. The molecule has 0 atom stereocenters. The van der Waals surface area contributed by atoms with E-state index in [9.17, 15) is 0 Å². The van der Waals surface area contributed by atoms with E-state index in [1.165, 1.54) is 11.3 Å². The van der Waals surface area contributed by atoms with Crippen molar-refractivity contribution in [2.24, 2.45) is 0 Å². The van der Waals surface area contributed by atoms with Crippen molar-refractivity contribution in [3.8, 4) is 11.8 Å². The molecule has 2 heterocycles. The van der Waals surface area contributed by atoms with Gasteiger partial charge in [-0.2, -0.15) is 10.4 Å². The van der Waals surface area contributed by atoms with E-state index in [-0.39, 0.29) is 6.10 Å². The fourth-order valence-corrected chi connectivity index (χ4v) is 2.39. The summed E-state index contributed by atoms with van der Waals surface area (Å²) in [6, 6.07) is 2.08. The summed E-state index contributed by atoms with van der Waals surface area (Å²) in [6.45, 7) is 4.43. The number of hydrogen-bond donors (Lipinski definition) is 3. The number of thiophene rings is 1. The van der Waals surface area contributed by atoms with E-state index in [0.717, 1.165) is 10.6 Å². The van der Waals surface area contributed by atoms with Gasteiger partial charge >= 0.3 is 0 Å². The zero-order valence-corrected chi connectivity index (χ0v) is 11.5. The summed E-state index contributed by atoms with van der Waals surface area (Å²) in [5.41, 5.74) is 7.33. The number of nitrogen functional groups attached to an aromatic ring is 1. The van der Waals surface area contributed by atoms with E-state index in [2.05, 4.69) is 21.6 Å². The average molecular weight is 277 g/mol. The Kier molecular flexibility index (Phi) is 3.92. The molecule has 0 saturated carbocycles. The fraction of sp³-hybridized carbons (Fsp3) is 0.333. The quantitative estimate of drug-likeness (QED) is 0.778. The van der Waals surface area contributed by atoms with Crippen LogP contribution in [0.3, 0.4) is 0 Å². The summed E-state index contributed by atoms with van der Waals surface area (Å²) >= 11 is 1.30. The number of aromatic amines is 1. The van der Waals surface area contributed by atoms with Crippen LogP contribution in [0.4, 0.5) is 10.7 Å². The predicted octanol–water partition coefficient (Wildman–Crippen LogP) is 2.32. The maximum atomic E-state index is 9.02. The maximum Gasteiger partial charge on any atom is 0.178 e. The minimum absolute atomic E-state index is 0.00193. The monoisotopic (exact) mass is 277 g/mol. The number of anilines is 2. The van der Waals surface area contributed by atoms with Crippen LogP contribution in [0.1, 0.15) is 24.3 Å². The molecule has 0 saturated heterocycles. The first-order chi connectivity index (χ1) is 9.11. The Bertz CT molecular complexity index is 582. The smallest absolute Gasteiger partial charge is 0.178 e. The van der Waals surface area contributed by atoms with E-state index in [1.54, 1.807) is 12.4 Å². The van der Waals surface area contributed by atoms with Gasteiger partial charge in [-0.05, 0) is 13.8 Å². The van der Waals surface area contributed by atoms with Gasteiger partial charge in [0.15, 0.2) is 5.75 Å². The second-order valence-corrected chi connectivity index (χ2v) is 5.26. The lowest BCUT2D eigenvalue weighted by Gasteiger charge is -2.12. The van der Waals surface area contributed by atoms with Crippen molar-refractivity contribution in [3.05, 3.63) is 22.8 Å². The highest BCUT2D eigenvalue weighted by atomic mass is 32.1. The third kappa shape index (κ3) is 2.98. The molecule has 19 heavy (non-hydrogen) atoms. The summed E-state index contributed by atoms with van der Waals surface area (Å²) < 4.78 is 5.68. The Morgan fingerprint density at radius 3 is 3.00 bits per heavy atom. The lowest BCUT2D eigenvalue weighted by atomic mass is 10.3. The summed E-state index contributed by atoms with van der Waals surface area (Å²) in [6.07, 6.45) is 3.54. The highest BCUT2D eigenvalue weighted by Gasteiger charge is 2.18. The number of nitrogens with zero attached hydrogens (tertiary/aromatic N) is 2. The summed E-state index contributed by atoms with van der Waals surface area (Å²) in [7, 11) is 0. The van der Waals surface area contributed by atoms with Crippen LogP contribution >= 0.6 is 11.3 Å². The van der Waals surface area contributed by atoms with Gasteiger partial charge in [-0.25, -0.2) is 0 Å². The molecular weight excluding hydrogens is 262 g/mol. The van der Waals surface area contributed by atoms with Crippen molar-refractivity contribution in [2.45, 2.75) is 26.5 Å². The number of nitrogens with two attached hydrogens (primary N) is 1. The van der Waals surface area contributed by atoms with E-state index >= 15 is 0 Å². The molecule has 0 unspecified atom stereocenters. The Hall–Kier alpha value is -2.20. The minimum Gasteiger partial charge on any atom is -0.486 e. The van der Waals surface area contributed by atoms with Crippen LogP contribution in [-0.4, -0.2) is 16.3 Å². The SMILES string of the molecule is CC(C)Oc1c(NCc2cn[nH]c2)sc(C#N)c1N. The number of hydrogen-bond acceptors (Lipinski definition) is 6. The van der Waals surface area contributed by atoms with Gasteiger partial charge in [0.1, 0.15) is 21.6 Å². The van der Waals surface area contributed by atoms with Crippen LogP contribution < -0.4 is 15.8 Å². The van der Waals surface area contributed by atoms with Gasteiger partial charge in [-0.15, -0.1) is 11.3 Å². The fourth-order valence-electron chi connectivity index (χ4n) is 1.54. The van der Waals surface area contributed by atoms with E-state index in [4.69, 9.17) is 15.7 Å². The molecule has 0 aromatic carbocycles. The molecular formula is C12H15N5OS. The molecule has 7 heteroatoms. The lowest BCUT2D eigenvalue weighted by Crippen LogP contribution is -2.08. The van der Waals surface area contributed by atoms with Gasteiger partial charge in [-0.3, -0.25) is 5.10 Å². The predicted molar refractivity (Wildman–Crippen MR) is 75.1 cm³/mol. The second kappa shape index (κ2) is 5.63. The van der Waals surface area contributed by atoms with Crippen LogP contribution in [-0.2, 0) is 6.54 Å². The van der Waals surface area contributed by atoms with Gasteiger partial charge in [-0.1, -0.05) is 0 Å². The molecule has 2 rings (SSSR count). The van der Waals surface area contributed by atoms with Crippen molar-refractivity contribution >= 4 is 22.0 Å². The van der Waals surface area contributed by atoms with Crippen molar-refractivity contribution in [1.82, 2.24) is 10.2 Å². The summed E-state index contributed by atoms with van der Waals surface area (Å²) in [5.74, 6) is 0.556. The Morgan fingerprint density at radius 1 is 1.63 bits per heavy atom. The molecule has 0 fully saturated rings. The van der Waals surface area contributed by atoms with Gasteiger partial charge in [0.05, 0.1) is 12.3 Å². The van der Waals surface area contributed by atoms with Crippen molar-refractivity contribution in [2.75, 3.05) is 11.1 Å². The van der Waals surface area contributed by atoms with Crippen molar-refractivity contribution < 1.29 is 4.74 Å². The van der Waals surface area contributed by atoms with E-state index < -0.39 is 0 Å². The van der Waals surface area contributed by atoms with Crippen LogP contribution in [0.5, 0.6) is 5.75 Å². The number of aromatic nitrogens is 2. The maximum absolute atomic E-state index is 9.02. The second-order valence-electron chi connectivity index (χ2n) is 4.24. The zero-order valence-electron chi connectivity index (χ0n) is 10.7. The van der Waals surface area contributed by atoms with Crippen molar-refractivity contribution in [1.29, 1.82) is 5.26 Å². The van der Waals surface area contributed by atoms with E-state index in [1.807, 2.05) is 13.8 Å². The van der Waals surface area contributed by atoms with Crippen LogP contribution in [0, 0.1) is 11.3 Å². The topological polar surface area (TPSA) is 99.7 Å². The van der Waals surface area contributed by atoms with Gasteiger partial charge < -0.3 is 15.8 Å². The molecule has 0 aliphatic heterocycles. The van der Waals surface area contributed by atoms with Gasteiger partial charge in [0.2, 0.25) is 0 Å². The normalized spacial score (nSPS) is 10.4. The first kappa shape index (κ1) is 13.2. The van der Waals surface area contributed by atoms with Gasteiger partial charge in [0.25, 0.3) is 0 Å². The first-order valence-corrected chi connectivity index (χ1v) is 6.64. The highest BCUT2D eigenvalue weighted by Crippen LogP contribution is 2.42. The third-order valence-corrected chi connectivity index (χ3v) is 3.41. The Morgan fingerprint density at radius 2 is 2.42 bits per heavy atom. The third-order valence-electron chi connectivity index (χ3n) is 2.36.